The Balaban J connectivity index is 1.82. The van der Waals surface area contributed by atoms with Crippen molar-refractivity contribution >= 4 is 12.1 Å². The maximum atomic E-state index is 12.1. The highest BCUT2D eigenvalue weighted by Crippen LogP contribution is 2.11. The lowest BCUT2D eigenvalue weighted by molar-refractivity contribution is 0.0278. The van der Waals surface area contributed by atoms with E-state index < -0.39 is 5.60 Å². The van der Waals surface area contributed by atoms with Gasteiger partial charge in [-0.25, -0.2) is 4.79 Å². The van der Waals surface area contributed by atoms with Crippen molar-refractivity contribution in [2.24, 2.45) is 10.9 Å². The first-order chi connectivity index (χ1) is 14.7. The molecule has 8 nitrogen and oxygen atoms in total. The van der Waals surface area contributed by atoms with Crippen LogP contribution in [-0.2, 0) is 17.8 Å². The van der Waals surface area contributed by atoms with E-state index in [4.69, 9.17) is 4.74 Å². The quantitative estimate of drug-likeness (QED) is 0.499. The van der Waals surface area contributed by atoms with E-state index in [1.807, 2.05) is 49.8 Å². The number of nitrogens with zero attached hydrogens (tertiary/aromatic N) is 4. The summed E-state index contributed by atoms with van der Waals surface area (Å²) in [7, 11) is 3.51. The molecule has 170 valence electrons. The number of guanidine groups is 1. The Labute approximate surface area is 185 Å². The fraction of sp³-hybridized carbons (Fsp3) is 0.522. The van der Waals surface area contributed by atoms with E-state index in [1.54, 1.807) is 25.2 Å². The summed E-state index contributed by atoms with van der Waals surface area (Å²) in [4.78, 5) is 18.1. The number of aliphatic imine (C=N–C) groups is 1. The standard InChI is InChI=1S/C23H36N6O2/c1-18(16-28(6)22(30)31-23(2,3)4)14-25-21(24-5)26-15-19-10-7-8-11-20(19)17-29-13-9-12-27-29/h7-13,18H,14-17H2,1-6H3,(H2,24,25,26). The summed E-state index contributed by atoms with van der Waals surface area (Å²) in [5.41, 5.74) is 1.91. The Morgan fingerprint density at radius 2 is 1.94 bits per heavy atom. The minimum absolute atomic E-state index is 0.225. The van der Waals surface area contributed by atoms with E-state index in [9.17, 15) is 4.79 Å². The van der Waals surface area contributed by atoms with Crippen LogP contribution in [0.4, 0.5) is 4.79 Å². The summed E-state index contributed by atoms with van der Waals surface area (Å²) in [5.74, 6) is 0.948. The maximum absolute atomic E-state index is 12.1. The van der Waals surface area contributed by atoms with Gasteiger partial charge in [0.15, 0.2) is 5.96 Å². The minimum Gasteiger partial charge on any atom is -0.444 e. The van der Waals surface area contributed by atoms with Crippen molar-refractivity contribution in [2.75, 3.05) is 27.2 Å². The van der Waals surface area contributed by atoms with Gasteiger partial charge in [-0.05, 0) is 43.9 Å². The molecule has 1 atom stereocenters. The SMILES string of the molecule is CN=C(NCc1ccccc1Cn1cccn1)NCC(C)CN(C)C(=O)OC(C)(C)C. The second-order valence-corrected chi connectivity index (χ2v) is 8.75. The van der Waals surface area contributed by atoms with Crippen molar-refractivity contribution in [3.63, 3.8) is 0 Å². The lowest BCUT2D eigenvalue weighted by Gasteiger charge is -2.26. The number of aromatic nitrogens is 2. The van der Waals surface area contributed by atoms with Crippen LogP contribution in [0.1, 0.15) is 38.8 Å². The van der Waals surface area contributed by atoms with Crippen molar-refractivity contribution < 1.29 is 9.53 Å². The molecule has 1 aromatic carbocycles. The topological polar surface area (TPSA) is 83.8 Å². The number of carbonyl (C=O) groups excluding carboxylic acids is 1. The molecule has 0 bridgehead atoms. The highest BCUT2D eigenvalue weighted by Gasteiger charge is 2.20. The first-order valence-corrected chi connectivity index (χ1v) is 10.6. The lowest BCUT2D eigenvalue weighted by Crippen LogP contribution is -2.42. The van der Waals surface area contributed by atoms with Gasteiger partial charge in [0.05, 0.1) is 6.54 Å². The van der Waals surface area contributed by atoms with Crippen molar-refractivity contribution in [2.45, 2.75) is 46.4 Å². The molecular formula is C23H36N6O2. The Hall–Kier alpha value is -3.03. The largest absolute Gasteiger partial charge is 0.444 e. The monoisotopic (exact) mass is 428 g/mol. The fourth-order valence-electron chi connectivity index (χ4n) is 3.07. The number of amides is 1. The van der Waals surface area contributed by atoms with Crippen molar-refractivity contribution in [3.05, 3.63) is 53.9 Å². The number of hydrogen-bond donors (Lipinski definition) is 2. The summed E-state index contributed by atoms with van der Waals surface area (Å²) in [6.45, 7) is 10.3. The third-order valence-electron chi connectivity index (χ3n) is 4.59. The van der Waals surface area contributed by atoms with Gasteiger partial charge in [-0.2, -0.15) is 5.10 Å². The predicted molar refractivity (Wildman–Crippen MR) is 124 cm³/mol. The van der Waals surface area contributed by atoms with Crippen molar-refractivity contribution in [1.29, 1.82) is 0 Å². The van der Waals surface area contributed by atoms with Gasteiger partial charge in [0.25, 0.3) is 0 Å². The van der Waals surface area contributed by atoms with Gasteiger partial charge >= 0.3 is 6.09 Å². The third-order valence-corrected chi connectivity index (χ3v) is 4.59. The van der Waals surface area contributed by atoms with Gasteiger partial charge in [0.1, 0.15) is 5.60 Å². The van der Waals surface area contributed by atoms with Crippen molar-refractivity contribution in [3.8, 4) is 0 Å². The third kappa shape index (κ3) is 8.70. The summed E-state index contributed by atoms with van der Waals surface area (Å²) >= 11 is 0. The zero-order chi connectivity index (χ0) is 22.9. The molecule has 0 aliphatic heterocycles. The maximum Gasteiger partial charge on any atom is 0.410 e. The Morgan fingerprint density at radius 3 is 2.55 bits per heavy atom. The molecule has 0 radical (unpaired) electrons. The van der Waals surface area contributed by atoms with Crippen LogP contribution in [0.3, 0.4) is 0 Å². The molecule has 1 amide bonds. The van der Waals surface area contributed by atoms with E-state index >= 15 is 0 Å². The summed E-state index contributed by atoms with van der Waals surface area (Å²) < 4.78 is 7.32. The molecule has 2 aromatic rings. The van der Waals surface area contributed by atoms with E-state index in [1.165, 1.54) is 11.1 Å². The molecule has 0 aliphatic rings. The van der Waals surface area contributed by atoms with E-state index in [0.717, 1.165) is 12.5 Å². The van der Waals surface area contributed by atoms with Crippen LogP contribution >= 0.6 is 0 Å². The van der Waals surface area contributed by atoms with Gasteiger partial charge in [0.2, 0.25) is 0 Å². The number of rotatable bonds is 8. The molecule has 1 unspecified atom stereocenters. The van der Waals surface area contributed by atoms with Crippen LogP contribution in [0.15, 0.2) is 47.7 Å². The molecule has 1 aromatic heterocycles. The average Bonchev–Trinajstić information content (AvgIpc) is 3.21. The molecule has 0 aliphatic carbocycles. The normalized spacial score (nSPS) is 12.9. The molecule has 0 saturated heterocycles. The van der Waals surface area contributed by atoms with Crippen LogP contribution in [0.2, 0.25) is 0 Å². The molecule has 0 spiro atoms. The van der Waals surface area contributed by atoms with Crippen LogP contribution < -0.4 is 10.6 Å². The molecule has 2 rings (SSSR count). The number of hydrogen-bond acceptors (Lipinski definition) is 4. The molecule has 0 saturated carbocycles. The molecule has 31 heavy (non-hydrogen) atoms. The lowest BCUT2D eigenvalue weighted by atomic mass is 10.1. The smallest absolute Gasteiger partial charge is 0.410 e. The predicted octanol–water partition coefficient (Wildman–Crippen LogP) is 3.10. The highest BCUT2D eigenvalue weighted by molar-refractivity contribution is 5.79. The zero-order valence-electron chi connectivity index (χ0n) is 19.6. The summed E-state index contributed by atoms with van der Waals surface area (Å²) in [5, 5.41) is 11.0. The number of nitrogens with one attached hydrogen (secondary N) is 2. The first-order valence-electron chi connectivity index (χ1n) is 10.6. The van der Waals surface area contributed by atoms with E-state index in [2.05, 4.69) is 39.8 Å². The molecule has 0 fully saturated rings. The Morgan fingerprint density at radius 1 is 1.23 bits per heavy atom. The van der Waals surface area contributed by atoms with Gasteiger partial charge in [0, 0.05) is 46.1 Å². The first kappa shape index (κ1) is 24.2. The average molecular weight is 429 g/mol. The summed E-state index contributed by atoms with van der Waals surface area (Å²) in [6.07, 6.45) is 3.43. The number of benzene rings is 1. The van der Waals surface area contributed by atoms with Gasteiger partial charge in [-0.3, -0.25) is 9.67 Å². The second kappa shape index (κ2) is 11.4. The molecular weight excluding hydrogens is 392 g/mol. The van der Waals surface area contributed by atoms with E-state index in [-0.39, 0.29) is 12.0 Å². The zero-order valence-corrected chi connectivity index (χ0v) is 19.6. The fourth-order valence-corrected chi connectivity index (χ4v) is 3.07. The Bertz CT molecular complexity index is 842. The summed E-state index contributed by atoms with van der Waals surface area (Å²) in [6, 6.07) is 10.2. The van der Waals surface area contributed by atoms with Crippen LogP contribution in [0.5, 0.6) is 0 Å². The van der Waals surface area contributed by atoms with E-state index in [0.29, 0.717) is 19.6 Å². The second-order valence-electron chi connectivity index (χ2n) is 8.75. The molecule has 1 heterocycles. The minimum atomic E-state index is -0.494. The van der Waals surface area contributed by atoms with Gasteiger partial charge < -0.3 is 20.3 Å². The number of carbonyl (C=O) groups is 1. The van der Waals surface area contributed by atoms with Crippen LogP contribution in [-0.4, -0.2) is 59.5 Å². The van der Waals surface area contributed by atoms with Crippen LogP contribution in [0.25, 0.3) is 0 Å². The van der Waals surface area contributed by atoms with Gasteiger partial charge in [-0.1, -0.05) is 31.2 Å². The Kier molecular flexibility index (Phi) is 8.90. The molecule has 2 N–H and O–H groups in total. The molecule has 8 heteroatoms. The van der Waals surface area contributed by atoms with Crippen LogP contribution in [0, 0.1) is 5.92 Å². The highest BCUT2D eigenvalue weighted by atomic mass is 16.6. The van der Waals surface area contributed by atoms with Gasteiger partial charge in [-0.15, -0.1) is 0 Å². The van der Waals surface area contributed by atoms with Crippen molar-refractivity contribution in [1.82, 2.24) is 25.3 Å². The number of ether oxygens (including phenoxy) is 1.